The summed E-state index contributed by atoms with van der Waals surface area (Å²) >= 11 is 1.15. The van der Waals surface area contributed by atoms with Crippen LogP contribution in [0, 0.1) is 5.41 Å². The van der Waals surface area contributed by atoms with E-state index in [4.69, 9.17) is 4.74 Å². The van der Waals surface area contributed by atoms with Crippen molar-refractivity contribution in [1.29, 1.82) is 0 Å². The Hall–Kier alpha value is -1.28. The monoisotopic (exact) mass is 342 g/mol. The third-order valence-corrected chi connectivity index (χ3v) is 6.27. The van der Waals surface area contributed by atoms with E-state index in [0.717, 1.165) is 11.3 Å². The molecule has 1 amide bonds. The summed E-state index contributed by atoms with van der Waals surface area (Å²) < 4.78 is 16.4. The van der Waals surface area contributed by atoms with Crippen molar-refractivity contribution in [1.82, 2.24) is 9.88 Å². The maximum Gasteiger partial charge on any atom is 0.358 e. The smallest absolute Gasteiger partial charge is 0.358 e. The van der Waals surface area contributed by atoms with Gasteiger partial charge in [0.15, 0.2) is 10.7 Å². The van der Waals surface area contributed by atoms with E-state index in [-0.39, 0.29) is 17.0 Å². The normalized spacial score (nSPS) is 20.4. The zero-order valence-electron chi connectivity index (χ0n) is 12.7. The standard InChI is InChI=1S/C14H18N2O4S2/c1-13(2,3)20-12(18)9-4-21-10(15-9)11(17)16-5-14(6-16)7-22(19)8-14/h4H,5-8H2,1-3H3. The lowest BCUT2D eigenvalue weighted by Gasteiger charge is -2.54. The van der Waals surface area contributed by atoms with Gasteiger partial charge in [0.05, 0.1) is 0 Å². The maximum absolute atomic E-state index is 12.3. The van der Waals surface area contributed by atoms with Gasteiger partial charge >= 0.3 is 5.97 Å². The molecular formula is C14H18N2O4S2. The van der Waals surface area contributed by atoms with Gasteiger partial charge in [-0.15, -0.1) is 11.3 Å². The second-order valence-corrected chi connectivity index (χ2v) is 9.24. The molecule has 1 aromatic rings. The number of nitrogens with zero attached hydrogens (tertiary/aromatic N) is 2. The summed E-state index contributed by atoms with van der Waals surface area (Å²) in [6.07, 6.45) is 0. The first-order valence-corrected chi connectivity index (χ1v) is 9.37. The van der Waals surface area contributed by atoms with Crippen molar-refractivity contribution in [2.24, 2.45) is 5.41 Å². The highest BCUT2D eigenvalue weighted by Crippen LogP contribution is 2.40. The quantitative estimate of drug-likeness (QED) is 0.757. The van der Waals surface area contributed by atoms with Crippen LogP contribution in [-0.4, -0.2) is 56.2 Å². The van der Waals surface area contributed by atoms with Crippen molar-refractivity contribution in [3.63, 3.8) is 0 Å². The zero-order valence-corrected chi connectivity index (χ0v) is 14.4. The third kappa shape index (κ3) is 2.94. The van der Waals surface area contributed by atoms with Gasteiger partial charge in [-0.25, -0.2) is 9.78 Å². The fraction of sp³-hybridized carbons (Fsp3) is 0.643. The summed E-state index contributed by atoms with van der Waals surface area (Å²) in [7, 11) is -0.707. The number of aromatic nitrogens is 1. The van der Waals surface area contributed by atoms with Crippen molar-refractivity contribution in [3.05, 3.63) is 16.1 Å². The van der Waals surface area contributed by atoms with E-state index in [2.05, 4.69) is 4.98 Å². The van der Waals surface area contributed by atoms with E-state index in [1.165, 1.54) is 0 Å². The van der Waals surface area contributed by atoms with Crippen LogP contribution >= 0.6 is 11.3 Å². The summed E-state index contributed by atoms with van der Waals surface area (Å²) in [6.45, 7) is 6.63. The molecule has 0 saturated carbocycles. The third-order valence-electron chi connectivity index (χ3n) is 3.57. The number of thiazole rings is 1. The molecule has 3 heterocycles. The van der Waals surface area contributed by atoms with Crippen LogP contribution in [0.2, 0.25) is 0 Å². The molecule has 6 nitrogen and oxygen atoms in total. The van der Waals surface area contributed by atoms with Gasteiger partial charge in [-0.2, -0.15) is 0 Å². The van der Waals surface area contributed by atoms with Crippen LogP contribution in [0.3, 0.4) is 0 Å². The van der Waals surface area contributed by atoms with E-state index < -0.39 is 22.4 Å². The second-order valence-electron chi connectivity index (χ2n) is 6.93. The molecule has 2 aliphatic rings. The summed E-state index contributed by atoms with van der Waals surface area (Å²) in [5, 5.41) is 1.85. The largest absolute Gasteiger partial charge is 0.455 e. The van der Waals surface area contributed by atoms with Crippen molar-refractivity contribution < 1.29 is 18.5 Å². The molecule has 2 saturated heterocycles. The second kappa shape index (κ2) is 5.13. The van der Waals surface area contributed by atoms with E-state index in [1.54, 1.807) is 31.1 Å². The van der Waals surface area contributed by atoms with Gasteiger partial charge in [-0.3, -0.25) is 9.00 Å². The van der Waals surface area contributed by atoms with Gasteiger partial charge in [0.25, 0.3) is 5.91 Å². The highest BCUT2D eigenvalue weighted by atomic mass is 32.2. The first-order valence-electron chi connectivity index (χ1n) is 7.01. The molecule has 0 N–H and O–H groups in total. The van der Waals surface area contributed by atoms with E-state index in [9.17, 15) is 13.8 Å². The summed E-state index contributed by atoms with van der Waals surface area (Å²) in [5.74, 6) is 0.704. The number of rotatable bonds is 2. The molecule has 2 aliphatic heterocycles. The van der Waals surface area contributed by atoms with Crippen molar-refractivity contribution >= 4 is 34.0 Å². The molecule has 8 heteroatoms. The Labute approximate surface area is 135 Å². The predicted molar refractivity (Wildman–Crippen MR) is 83.5 cm³/mol. The average Bonchev–Trinajstić information content (AvgIpc) is 2.78. The lowest BCUT2D eigenvalue weighted by molar-refractivity contribution is 0.00633. The van der Waals surface area contributed by atoms with Gasteiger partial charge in [-0.05, 0) is 20.8 Å². The molecule has 0 aliphatic carbocycles. The average molecular weight is 342 g/mol. The highest BCUT2D eigenvalue weighted by Gasteiger charge is 2.53. The predicted octanol–water partition coefficient (Wildman–Crippen LogP) is 1.30. The van der Waals surface area contributed by atoms with Crippen molar-refractivity contribution in [2.45, 2.75) is 26.4 Å². The van der Waals surface area contributed by atoms with Crippen LogP contribution in [0.1, 0.15) is 41.1 Å². The number of carbonyl (C=O) groups is 2. The van der Waals surface area contributed by atoms with E-state index in [0.29, 0.717) is 29.6 Å². The van der Waals surface area contributed by atoms with Gasteiger partial charge in [-0.1, -0.05) is 0 Å². The molecule has 0 aromatic carbocycles. The van der Waals surface area contributed by atoms with Crippen LogP contribution in [0.4, 0.5) is 0 Å². The Balaban J connectivity index is 1.61. The Morgan fingerprint density at radius 1 is 1.36 bits per heavy atom. The molecular weight excluding hydrogens is 324 g/mol. The van der Waals surface area contributed by atoms with Crippen LogP contribution in [0.15, 0.2) is 5.38 Å². The van der Waals surface area contributed by atoms with Crippen molar-refractivity contribution in [2.75, 3.05) is 24.6 Å². The lowest BCUT2D eigenvalue weighted by Crippen LogP contribution is -2.67. The number of hydrogen-bond acceptors (Lipinski definition) is 6. The molecule has 0 bridgehead atoms. The Morgan fingerprint density at radius 2 is 2.00 bits per heavy atom. The van der Waals surface area contributed by atoms with Crippen LogP contribution in [0.5, 0.6) is 0 Å². The Kier molecular flexibility index (Phi) is 3.64. The number of likely N-dealkylation sites (tertiary alicyclic amines) is 1. The van der Waals surface area contributed by atoms with E-state index >= 15 is 0 Å². The van der Waals surface area contributed by atoms with Gasteiger partial charge in [0.1, 0.15) is 5.60 Å². The minimum absolute atomic E-state index is 0.0752. The molecule has 0 radical (unpaired) electrons. The Morgan fingerprint density at radius 3 is 2.55 bits per heavy atom. The number of hydrogen-bond donors (Lipinski definition) is 0. The molecule has 1 aromatic heterocycles. The van der Waals surface area contributed by atoms with E-state index in [1.807, 2.05) is 0 Å². The number of esters is 1. The molecule has 1 spiro atoms. The summed E-state index contributed by atoms with van der Waals surface area (Å²) in [5.41, 5.74) is -0.344. The first-order chi connectivity index (χ1) is 10.2. The molecule has 3 rings (SSSR count). The van der Waals surface area contributed by atoms with Crippen LogP contribution in [0.25, 0.3) is 0 Å². The fourth-order valence-corrected chi connectivity index (χ4v) is 5.06. The molecule has 22 heavy (non-hydrogen) atoms. The molecule has 0 atom stereocenters. The van der Waals surface area contributed by atoms with Gasteiger partial charge in [0, 0.05) is 46.2 Å². The lowest BCUT2D eigenvalue weighted by atomic mass is 9.83. The minimum atomic E-state index is -0.707. The van der Waals surface area contributed by atoms with Crippen molar-refractivity contribution in [3.8, 4) is 0 Å². The zero-order chi connectivity index (χ0) is 16.1. The van der Waals surface area contributed by atoms with Crippen LogP contribution < -0.4 is 0 Å². The number of carbonyl (C=O) groups excluding carboxylic acids is 2. The summed E-state index contributed by atoms with van der Waals surface area (Å²) in [4.78, 5) is 30.0. The van der Waals surface area contributed by atoms with Crippen LogP contribution in [-0.2, 0) is 15.5 Å². The molecule has 0 unspecified atom stereocenters. The SMILES string of the molecule is CC(C)(C)OC(=O)c1csc(C(=O)N2CC3(C2)CS(=O)C3)n1. The molecule has 120 valence electrons. The maximum atomic E-state index is 12.3. The van der Waals surface area contributed by atoms with Gasteiger partial charge < -0.3 is 9.64 Å². The minimum Gasteiger partial charge on any atom is -0.455 e. The number of amides is 1. The van der Waals surface area contributed by atoms with Gasteiger partial charge in [0.2, 0.25) is 0 Å². The highest BCUT2D eigenvalue weighted by molar-refractivity contribution is 7.86. The topological polar surface area (TPSA) is 76.6 Å². The summed E-state index contributed by atoms with van der Waals surface area (Å²) in [6, 6.07) is 0. The first kappa shape index (κ1) is 15.6. The Bertz CT molecular complexity index is 646. The molecule has 2 fully saturated rings. The fourth-order valence-electron chi connectivity index (χ4n) is 2.66. The number of ether oxygens (including phenoxy) is 1.